The van der Waals surface area contributed by atoms with Gasteiger partial charge < -0.3 is 20.3 Å². The van der Waals surface area contributed by atoms with E-state index in [-0.39, 0.29) is 6.61 Å². The highest BCUT2D eigenvalue weighted by molar-refractivity contribution is 5.84. The topological polar surface area (TPSA) is 49.2 Å². The Balaban J connectivity index is 1.71. The molecule has 0 amide bonds. The Hall–Kier alpha value is -2.14. The van der Waals surface area contributed by atoms with Gasteiger partial charge in [0.2, 0.25) is 0 Å². The van der Waals surface area contributed by atoms with Crippen molar-refractivity contribution in [2.75, 3.05) is 26.2 Å². The fourth-order valence-corrected chi connectivity index (χ4v) is 3.21. The molecule has 0 fully saturated rings. The minimum atomic E-state index is 0.187. The molecule has 0 atom stereocenters. The fourth-order valence-electron chi connectivity index (χ4n) is 3.21. The van der Waals surface area contributed by atoms with Gasteiger partial charge in [-0.25, -0.2) is 0 Å². The maximum Gasteiger partial charge on any atom is 0.0555 e. The predicted molar refractivity (Wildman–Crippen MR) is 104 cm³/mol. The third-order valence-corrected chi connectivity index (χ3v) is 4.39. The zero-order valence-corrected chi connectivity index (χ0v) is 14.8. The van der Waals surface area contributed by atoms with Gasteiger partial charge in [0.05, 0.1) is 6.61 Å². The minimum absolute atomic E-state index is 0.187. The highest BCUT2D eigenvalue weighted by atomic mass is 16.3. The van der Waals surface area contributed by atoms with Crippen LogP contribution in [-0.4, -0.2) is 35.9 Å². The zero-order chi connectivity index (χ0) is 17.5. The lowest BCUT2D eigenvalue weighted by Crippen LogP contribution is -2.28. The summed E-state index contributed by atoms with van der Waals surface area (Å²) in [5, 5.41) is 16.8. The molecule has 0 saturated carbocycles. The average Bonchev–Trinajstić information content (AvgIpc) is 2.96. The average molecular weight is 337 g/mol. The van der Waals surface area contributed by atoms with E-state index in [1.54, 1.807) is 0 Å². The van der Waals surface area contributed by atoms with Gasteiger partial charge in [0, 0.05) is 49.8 Å². The van der Waals surface area contributed by atoms with Crippen LogP contribution in [0.4, 0.5) is 0 Å². The number of nitrogens with one attached hydrogen (secondary N) is 2. The molecule has 0 aliphatic heterocycles. The van der Waals surface area contributed by atoms with Crippen LogP contribution < -0.4 is 10.6 Å². The molecule has 2 aromatic carbocycles. The normalized spacial score (nSPS) is 11.3. The number of hydrogen-bond acceptors (Lipinski definition) is 3. The number of para-hydroxylation sites is 1. The van der Waals surface area contributed by atoms with Crippen molar-refractivity contribution < 1.29 is 5.11 Å². The number of nitrogens with zero attached hydrogens (tertiary/aromatic N) is 1. The summed E-state index contributed by atoms with van der Waals surface area (Å²) in [6.07, 6.45) is 2.27. The SMILES string of the molecule is Cc1cccc(Cn2cc(CNCCNCCO)c3ccccc32)c1. The maximum atomic E-state index is 8.77. The number of aliphatic hydroxyl groups is 1. The molecule has 3 N–H and O–H groups in total. The van der Waals surface area contributed by atoms with Gasteiger partial charge in [0.15, 0.2) is 0 Å². The summed E-state index contributed by atoms with van der Waals surface area (Å²) in [7, 11) is 0. The Morgan fingerprint density at radius 2 is 1.80 bits per heavy atom. The molecule has 3 rings (SSSR count). The minimum Gasteiger partial charge on any atom is -0.395 e. The molecule has 0 unspecified atom stereocenters. The summed E-state index contributed by atoms with van der Waals surface area (Å²) in [6, 6.07) is 17.3. The molecular weight excluding hydrogens is 310 g/mol. The summed E-state index contributed by atoms with van der Waals surface area (Å²) in [5.41, 5.74) is 5.23. The molecular formula is C21H27N3O. The summed E-state index contributed by atoms with van der Waals surface area (Å²) in [6.45, 7) is 6.46. The van der Waals surface area contributed by atoms with E-state index in [0.717, 1.165) is 26.2 Å². The van der Waals surface area contributed by atoms with Crippen LogP contribution in [0.2, 0.25) is 0 Å². The lowest BCUT2D eigenvalue weighted by atomic mass is 10.1. The van der Waals surface area contributed by atoms with Gasteiger partial charge in [-0.3, -0.25) is 0 Å². The van der Waals surface area contributed by atoms with Crippen molar-refractivity contribution in [2.24, 2.45) is 0 Å². The van der Waals surface area contributed by atoms with Crippen LogP contribution in [0.1, 0.15) is 16.7 Å². The van der Waals surface area contributed by atoms with E-state index in [1.807, 2.05) is 0 Å². The number of aliphatic hydroxyl groups excluding tert-OH is 1. The lowest BCUT2D eigenvalue weighted by molar-refractivity contribution is 0.292. The van der Waals surface area contributed by atoms with E-state index in [2.05, 4.69) is 76.9 Å². The largest absolute Gasteiger partial charge is 0.395 e. The Morgan fingerprint density at radius 1 is 0.960 bits per heavy atom. The quantitative estimate of drug-likeness (QED) is 0.526. The van der Waals surface area contributed by atoms with Gasteiger partial charge in [-0.1, -0.05) is 48.0 Å². The molecule has 25 heavy (non-hydrogen) atoms. The van der Waals surface area contributed by atoms with E-state index in [1.165, 1.54) is 27.6 Å². The highest BCUT2D eigenvalue weighted by Gasteiger charge is 2.08. The first-order valence-electron chi connectivity index (χ1n) is 8.92. The van der Waals surface area contributed by atoms with Gasteiger partial charge in [0.25, 0.3) is 0 Å². The summed E-state index contributed by atoms with van der Waals surface area (Å²) >= 11 is 0. The van der Waals surface area contributed by atoms with Crippen molar-refractivity contribution in [2.45, 2.75) is 20.0 Å². The predicted octanol–water partition coefficient (Wildman–Crippen LogP) is 2.67. The molecule has 4 heteroatoms. The molecule has 0 aliphatic rings. The van der Waals surface area contributed by atoms with Gasteiger partial charge in [-0.15, -0.1) is 0 Å². The Kier molecular flexibility index (Phi) is 6.23. The van der Waals surface area contributed by atoms with Gasteiger partial charge in [-0.2, -0.15) is 0 Å². The number of aryl methyl sites for hydroxylation is 1. The van der Waals surface area contributed by atoms with Crippen molar-refractivity contribution in [3.8, 4) is 0 Å². The molecule has 0 aliphatic carbocycles. The van der Waals surface area contributed by atoms with Crippen molar-refractivity contribution in [1.29, 1.82) is 0 Å². The first kappa shape index (κ1) is 17.7. The lowest BCUT2D eigenvalue weighted by Gasteiger charge is -2.06. The van der Waals surface area contributed by atoms with E-state index in [4.69, 9.17) is 5.11 Å². The number of fused-ring (bicyclic) bond motifs is 1. The standard InChI is InChI=1S/C21H27N3O/c1-17-5-4-6-18(13-17)15-24-16-19(14-23-10-9-22-11-12-25)20-7-2-3-8-21(20)24/h2-8,13,16,22-23,25H,9-12,14-15H2,1H3. The van der Waals surface area contributed by atoms with Crippen LogP contribution in [0, 0.1) is 6.92 Å². The summed E-state index contributed by atoms with van der Waals surface area (Å²) in [5.74, 6) is 0. The molecule has 0 bridgehead atoms. The van der Waals surface area contributed by atoms with Crippen molar-refractivity contribution >= 4 is 10.9 Å². The highest BCUT2D eigenvalue weighted by Crippen LogP contribution is 2.22. The van der Waals surface area contributed by atoms with Gasteiger partial charge in [-0.05, 0) is 24.1 Å². The first-order chi connectivity index (χ1) is 12.3. The first-order valence-corrected chi connectivity index (χ1v) is 8.92. The van der Waals surface area contributed by atoms with E-state index in [0.29, 0.717) is 6.54 Å². The monoisotopic (exact) mass is 337 g/mol. The second-order valence-corrected chi connectivity index (χ2v) is 6.44. The number of aromatic nitrogens is 1. The Morgan fingerprint density at radius 3 is 2.64 bits per heavy atom. The molecule has 0 radical (unpaired) electrons. The third kappa shape index (κ3) is 4.69. The van der Waals surface area contributed by atoms with Crippen LogP contribution in [0.15, 0.2) is 54.7 Å². The molecule has 0 spiro atoms. The van der Waals surface area contributed by atoms with Crippen LogP contribution >= 0.6 is 0 Å². The van der Waals surface area contributed by atoms with E-state index in [9.17, 15) is 0 Å². The van der Waals surface area contributed by atoms with Crippen LogP contribution in [0.25, 0.3) is 10.9 Å². The molecule has 3 aromatic rings. The second kappa shape index (κ2) is 8.81. The summed E-state index contributed by atoms with van der Waals surface area (Å²) < 4.78 is 2.34. The third-order valence-electron chi connectivity index (χ3n) is 4.39. The van der Waals surface area contributed by atoms with Crippen LogP contribution in [-0.2, 0) is 13.1 Å². The van der Waals surface area contributed by atoms with Crippen molar-refractivity contribution in [1.82, 2.24) is 15.2 Å². The molecule has 1 aromatic heterocycles. The fraction of sp³-hybridized carbons (Fsp3) is 0.333. The number of benzene rings is 2. The number of hydrogen-bond donors (Lipinski definition) is 3. The van der Waals surface area contributed by atoms with Gasteiger partial charge in [0.1, 0.15) is 0 Å². The zero-order valence-electron chi connectivity index (χ0n) is 14.8. The summed E-state index contributed by atoms with van der Waals surface area (Å²) in [4.78, 5) is 0. The van der Waals surface area contributed by atoms with Crippen molar-refractivity contribution in [3.63, 3.8) is 0 Å². The number of rotatable bonds is 9. The van der Waals surface area contributed by atoms with E-state index >= 15 is 0 Å². The smallest absolute Gasteiger partial charge is 0.0555 e. The van der Waals surface area contributed by atoms with Crippen LogP contribution in [0.3, 0.4) is 0 Å². The van der Waals surface area contributed by atoms with Gasteiger partial charge >= 0.3 is 0 Å². The molecule has 132 valence electrons. The van der Waals surface area contributed by atoms with E-state index < -0.39 is 0 Å². The molecule has 0 saturated heterocycles. The Bertz CT molecular complexity index is 810. The Labute approximate surface area is 149 Å². The second-order valence-electron chi connectivity index (χ2n) is 6.44. The maximum absolute atomic E-state index is 8.77. The van der Waals surface area contributed by atoms with Crippen LogP contribution in [0.5, 0.6) is 0 Å². The van der Waals surface area contributed by atoms with Crippen molar-refractivity contribution in [3.05, 3.63) is 71.4 Å². The molecule has 4 nitrogen and oxygen atoms in total. The molecule has 1 heterocycles.